The molecule has 9 heterocycles. The normalized spacial score (nSPS) is 11.6. The van der Waals surface area contributed by atoms with Crippen molar-refractivity contribution in [2.24, 2.45) is 0 Å². The van der Waals surface area contributed by atoms with Gasteiger partial charge >= 0.3 is 0 Å². The van der Waals surface area contributed by atoms with Gasteiger partial charge in [-0.1, -0.05) is 370 Å². The minimum Gasteiger partial charge on any atom is -0.456 e. The second-order valence-electron chi connectivity index (χ2n) is 37.2. The van der Waals surface area contributed by atoms with Crippen LogP contribution in [0, 0.1) is 0 Å². The molecule has 30 aromatic rings. The van der Waals surface area contributed by atoms with Crippen LogP contribution in [0.2, 0.25) is 0 Å². The van der Waals surface area contributed by atoms with Crippen LogP contribution in [0.3, 0.4) is 0 Å². The van der Waals surface area contributed by atoms with Gasteiger partial charge in [-0.15, -0.1) is 0 Å². The lowest BCUT2D eigenvalue weighted by Crippen LogP contribution is -2.00. The second-order valence-corrected chi connectivity index (χ2v) is 37.2. The number of rotatable bonds is 15. The summed E-state index contributed by atoms with van der Waals surface area (Å²) >= 11 is 0. The van der Waals surface area contributed by atoms with Gasteiger partial charge in [0.2, 0.25) is 0 Å². The summed E-state index contributed by atoms with van der Waals surface area (Å²) in [5.74, 6) is 5.12. The molecule has 21 aromatic carbocycles. The molecule has 0 aliphatic carbocycles. The van der Waals surface area contributed by atoms with Gasteiger partial charge < -0.3 is 26.5 Å². The van der Waals surface area contributed by atoms with Crippen molar-refractivity contribution in [3.8, 4) is 169 Å². The van der Waals surface area contributed by atoms with E-state index in [1.807, 2.05) is 255 Å². The molecule has 0 bridgehead atoms. The first-order chi connectivity index (χ1) is 74.3. The number of hydrogen-bond acceptors (Lipinski definition) is 15. The molecule has 0 spiro atoms. The topological polar surface area (TPSA) is 195 Å². The Hall–Kier alpha value is -20.6. The number of furan rings is 6. The molecule has 0 atom stereocenters. The van der Waals surface area contributed by atoms with Gasteiger partial charge in [0.25, 0.3) is 0 Å². The Bertz CT molecular complexity index is 10000. The summed E-state index contributed by atoms with van der Waals surface area (Å²) < 4.78 is 38.7. The summed E-state index contributed by atoms with van der Waals surface area (Å²) in [7, 11) is 0. The van der Waals surface area contributed by atoms with Crippen LogP contribution in [0.4, 0.5) is 0 Å². The Labute approximate surface area is 857 Å². The van der Waals surface area contributed by atoms with Crippen LogP contribution in [0.1, 0.15) is 0 Å². The number of para-hydroxylation sites is 4. The first kappa shape index (κ1) is 87.3. The molecule has 0 radical (unpaired) electrons. The molecule has 0 amide bonds. The molecule has 0 N–H and O–H groups in total. The van der Waals surface area contributed by atoms with Crippen molar-refractivity contribution in [1.82, 2.24) is 44.9 Å². The van der Waals surface area contributed by atoms with E-state index in [1.165, 1.54) is 5.56 Å². The number of nitrogens with zero attached hydrogens (tertiary/aromatic N) is 9. The zero-order valence-corrected chi connectivity index (χ0v) is 80.2. The summed E-state index contributed by atoms with van der Waals surface area (Å²) in [5, 5.41) is 12.8. The smallest absolute Gasteiger partial charge is 0.164 e. The van der Waals surface area contributed by atoms with Crippen LogP contribution in [0.25, 0.3) is 301 Å². The maximum atomic E-state index is 6.46. The Morgan fingerprint density at radius 1 is 0.100 bits per heavy atom. The molecular weight excluding hydrogens is 1840 g/mol. The van der Waals surface area contributed by atoms with Gasteiger partial charge in [0.05, 0.1) is 0 Å². The van der Waals surface area contributed by atoms with Crippen LogP contribution < -0.4 is 0 Å². The zero-order valence-electron chi connectivity index (χ0n) is 80.2. The quantitative estimate of drug-likeness (QED) is 0.0939. The van der Waals surface area contributed by atoms with E-state index < -0.39 is 0 Å². The molecule has 9 aromatic heterocycles. The van der Waals surface area contributed by atoms with E-state index in [9.17, 15) is 0 Å². The molecule has 0 saturated carbocycles. The first-order valence-electron chi connectivity index (χ1n) is 49.8. The predicted octanol–water partition coefficient (Wildman–Crippen LogP) is 36.0. The third-order valence-electron chi connectivity index (χ3n) is 28.0. The molecule has 15 heteroatoms. The Kier molecular flexibility index (Phi) is 21.5. The van der Waals surface area contributed by atoms with E-state index in [-0.39, 0.29) is 0 Å². The van der Waals surface area contributed by atoms with Gasteiger partial charge in [-0.2, -0.15) is 0 Å². The molecule has 0 aliphatic heterocycles. The highest BCUT2D eigenvalue weighted by molar-refractivity contribution is 6.18. The highest BCUT2D eigenvalue weighted by Crippen LogP contribution is 2.48. The third-order valence-corrected chi connectivity index (χ3v) is 28.0. The fraction of sp³-hybridized carbons (Fsp3) is 0. The van der Waals surface area contributed by atoms with Gasteiger partial charge in [0.1, 0.15) is 67.0 Å². The fourth-order valence-electron chi connectivity index (χ4n) is 20.8. The van der Waals surface area contributed by atoms with Crippen molar-refractivity contribution >= 4 is 132 Å². The first-order valence-corrected chi connectivity index (χ1v) is 49.8. The summed E-state index contributed by atoms with van der Waals surface area (Å²) in [6.07, 6.45) is 0. The van der Waals surface area contributed by atoms with Gasteiger partial charge in [0.15, 0.2) is 52.4 Å². The minimum absolute atomic E-state index is 0.555. The van der Waals surface area contributed by atoms with Crippen molar-refractivity contribution in [3.63, 3.8) is 0 Å². The lowest BCUT2D eigenvalue weighted by molar-refractivity contribution is 0.668. The average molecular weight is 1930 g/mol. The minimum atomic E-state index is 0.555. The molecular formula is C135H81N9O6. The van der Waals surface area contributed by atoms with Gasteiger partial charge in [-0.05, 0) is 188 Å². The van der Waals surface area contributed by atoms with E-state index in [0.29, 0.717) is 52.4 Å². The molecule has 702 valence electrons. The van der Waals surface area contributed by atoms with Crippen molar-refractivity contribution in [3.05, 3.63) is 491 Å². The lowest BCUT2D eigenvalue weighted by atomic mass is 9.96. The van der Waals surface area contributed by atoms with E-state index in [1.54, 1.807) is 0 Å². The molecule has 0 fully saturated rings. The number of aromatic nitrogens is 9. The monoisotopic (exact) mass is 1920 g/mol. The lowest BCUT2D eigenvalue weighted by Gasteiger charge is -2.12. The molecule has 150 heavy (non-hydrogen) atoms. The third kappa shape index (κ3) is 16.1. The molecule has 30 rings (SSSR count). The largest absolute Gasteiger partial charge is 0.456 e. The standard InChI is InChI=1S/3C45H27N3O2/c1-4-14-28(15-5-1)35-24-31(26-39-41(35)33-20-10-12-22-37(33)49-39)44-46-43(30-18-8-3-9-19-30)47-45(48-44)32-25-36(29-16-6-2-7-17-29)42-34-21-11-13-23-38(34)50-40(42)27-32;1-4-12-28(13-5-1)31-21-23-39-37(24-31)34-22-20-32(26-40(34)49-39)44-46-43(30-16-8-3-9-17-30)47-45(48-44)33-25-36(29-14-6-2-7-15-29)42-35-18-10-11-19-38(35)50-41(42)27-33;1-4-12-28(13-5-1)31-20-22-34-35-23-21-32(26-40(35)50-39(34)25-31)44-46-43(30-16-8-3-9-17-30)47-45(48-44)33-24-37(29-14-6-2-7-15-29)42-36-18-10-11-19-38(36)49-41(42)27-33/h3*1-27H. The Balaban J connectivity index is 0.000000108. The van der Waals surface area contributed by atoms with Gasteiger partial charge in [-0.25, -0.2) is 44.9 Å². The molecule has 0 unspecified atom stereocenters. The highest BCUT2D eigenvalue weighted by atomic mass is 16.3. The summed E-state index contributed by atoms with van der Waals surface area (Å²) in [6.45, 7) is 0. The number of fused-ring (bicyclic) bond motifs is 18. The van der Waals surface area contributed by atoms with Crippen molar-refractivity contribution in [1.29, 1.82) is 0 Å². The predicted molar refractivity (Wildman–Crippen MR) is 605 cm³/mol. The van der Waals surface area contributed by atoms with Crippen LogP contribution in [0.15, 0.2) is 518 Å². The van der Waals surface area contributed by atoms with Crippen molar-refractivity contribution in [2.75, 3.05) is 0 Å². The Morgan fingerprint density at radius 3 is 0.573 bits per heavy atom. The summed E-state index contributed by atoms with van der Waals surface area (Å²) in [6, 6.07) is 167. The van der Waals surface area contributed by atoms with E-state index >= 15 is 0 Å². The maximum Gasteiger partial charge on any atom is 0.164 e. The van der Waals surface area contributed by atoms with E-state index in [4.69, 9.17) is 71.4 Å². The van der Waals surface area contributed by atoms with Crippen LogP contribution in [-0.4, -0.2) is 44.9 Å². The maximum absolute atomic E-state index is 6.46. The highest BCUT2D eigenvalue weighted by Gasteiger charge is 2.27. The SMILES string of the molecule is c1ccc(-c2ccc3c(c2)oc2cc(-c4nc(-c5ccccc5)nc(-c5cc(-c6ccccc6)c6c(c5)oc5ccccc56)n4)ccc23)cc1.c1ccc(-c2ccc3oc4cc(-c5nc(-c6ccccc6)nc(-c6cc(-c7ccccc7)c7c(c6)oc6ccccc67)n5)ccc4c3c2)cc1.c1ccc(-c2nc(-c3cc(-c4ccccc4)c4c(c3)oc3ccccc34)nc(-c3cc(-c4ccccc4)c4c(c3)oc3ccccc34)n2)cc1. The molecule has 15 nitrogen and oxygen atoms in total. The Morgan fingerprint density at radius 2 is 0.287 bits per heavy atom. The van der Waals surface area contributed by atoms with Crippen LogP contribution in [0.5, 0.6) is 0 Å². The zero-order chi connectivity index (χ0) is 99.1. The summed E-state index contributed by atoms with van der Waals surface area (Å²) in [5.41, 5.74) is 30.7. The van der Waals surface area contributed by atoms with E-state index in [0.717, 1.165) is 243 Å². The van der Waals surface area contributed by atoms with Crippen molar-refractivity contribution in [2.45, 2.75) is 0 Å². The van der Waals surface area contributed by atoms with Crippen LogP contribution >= 0.6 is 0 Å². The van der Waals surface area contributed by atoms with E-state index in [2.05, 4.69) is 237 Å². The second kappa shape index (κ2) is 37.0. The van der Waals surface area contributed by atoms with Crippen molar-refractivity contribution < 1.29 is 26.5 Å². The molecule has 0 saturated heterocycles. The number of benzene rings is 21. The fourth-order valence-corrected chi connectivity index (χ4v) is 20.8. The molecule has 0 aliphatic rings. The number of hydrogen-bond donors (Lipinski definition) is 0. The summed E-state index contributed by atoms with van der Waals surface area (Å²) in [4.78, 5) is 45.7. The van der Waals surface area contributed by atoms with Gasteiger partial charge in [0, 0.05) is 115 Å². The average Bonchev–Trinajstić information content (AvgIpc) is 1.60. The van der Waals surface area contributed by atoms with Crippen LogP contribution in [-0.2, 0) is 0 Å². The van der Waals surface area contributed by atoms with Gasteiger partial charge in [-0.3, -0.25) is 0 Å².